The minimum atomic E-state index is 0.822. The summed E-state index contributed by atoms with van der Waals surface area (Å²) in [5.74, 6) is 0. The summed E-state index contributed by atoms with van der Waals surface area (Å²) in [6.07, 6.45) is 4.14. The Morgan fingerprint density at radius 3 is 2.62 bits per heavy atom. The van der Waals surface area contributed by atoms with Gasteiger partial charge in [-0.15, -0.1) is 11.3 Å². The van der Waals surface area contributed by atoms with Gasteiger partial charge >= 0.3 is 0 Å². The summed E-state index contributed by atoms with van der Waals surface area (Å²) >= 11 is 7.16. The number of imidazole rings is 1. The van der Waals surface area contributed by atoms with Gasteiger partial charge in [0, 0.05) is 21.6 Å². The highest BCUT2D eigenvalue weighted by Crippen LogP contribution is 2.19. The maximum atomic E-state index is 5.29. The molecular weight excluding hydrogens is 236 g/mol. The van der Waals surface area contributed by atoms with Crippen LogP contribution in [-0.2, 0) is 19.4 Å². The Labute approximate surface area is 105 Å². The van der Waals surface area contributed by atoms with E-state index in [1.54, 1.807) is 0 Å². The summed E-state index contributed by atoms with van der Waals surface area (Å²) in [7, 11) is 0. The summed E-state index contributed by atoms with van der Waals surface area (Å²) in [4.78, 5) is 5.93. The molecule has 86 valence electrons. The number of rotatable bonds is 4. The number of aromatic nitrogens is 2. The van der Waals surface area contributed by atoms with Crippen molar-refractivity contribution in [1.82, 2.24) is 9.55 Å². The van der Waals surface area contributed by atoms with Crippen LogP contribution in [0.1, 0.15) is 29.3 Å². The molecule has 2 aromatic heterocycles. The van der Waals surface area contributed by atoms with E-state index in [0.717, 1.165) is 24.2 Å². The van der Waals surface area contributed by atoms with Crippen molar-refractivity contribution in [2.24, 2.45) is 0 Å². The average molecular weight is 252 g/mol. The number of nitrogens with one attached hydrogen (secondary N) is 1. The van der Waals surface area contributed by atoms with Gasteiger partial charge in [-0.25, -0.2) is 0 Å². The van der Waals surface area contributed by atoms with E-state index in [9.17, 15) is 0 Å². The fourth-order valence-corrected chi connectivity index (χ4v) is 2.94. The molecule has 0 aliphatic carbocycles. The highest BCUT2D eigenvalue weighted by Gasteiger charge is 2.04. The van der Waals surface area contributed by atoms with Crippen molar-refractivity contribution < 1.29 is 0 Å². The topological polar surface area (TPSA) is 20.7 Å². The standard InChI is InChI=1S/C12H16N2S2/c1-3-9-7-13-12(15)14(9)8-11-6-5-10(4-2)16-11/h5-7H,3-4,8H2,1-2H3,(H,13,15). The lowest BCUT2D eigenvalue weighted by Crippen LogP contribution is -2.02. The smallest absolute Gasteiger partial charge is 0.177 e. The van der Waals surface area contributed by atoms with Crippen LogP contribution in [0.25, 0.3) is 0 Å². The number of aromatic amines is 1. The van der Waals surface area contributed by atoms with Gasteiger partial charge in [-0.3, -0.25) is 0 Å². The number of hydrogen-bond donors (Lipinski definition) is 1. The summed E-state index contributed by atoms with van der Waals surface area (Å²) in [6, 6.07) is 4.42. The van der Waals surface area contributed by atoms with E-state index in [1.807, 2.05) is 17.5 Å². The van der Waals surface area contributed by atoms with Gasteiger partial charge in [0.05, 0.1) is 6.54 Å². The molecule has 0 aliphatic heterocycles. The van der Waals surface area contributed by atoms with Crippen LogP contribution in [0.2, 0.25) is 0 Å². The third-order valence-electron chi connectivity index (χ3n) is 2.70. The molecule has 2 aromatic rings. The molecule has 0 aliphatic rings. The normalized spacial score (nSPS) is 10.9. The monoisotopic (exact) mass is 252 g/mol. The van der Waals surface area contributed by atoms with Crippen LogP contribution < -0.4 is 0 Å². The van der Waals surface area contributed by atoms with E-state index in [0.29, 0.717) is 0 Å². The summed E-state index contributed by atoms with van der Waals surface area (Å²) in [5.41, 5.74) is 1.27. The predicted octanol–water partition coefficient (Wildman–Crippen LogP) is 3.78. The van der Waals surface area contributed by atoms with E-state index >= 15 is 0 Å². The second kappa shape index (κ2) is 4.97. The molecule has 4 heteroatoms. The lowest BCUT2D eigenvalue weighted by atomic mass is 10.3. The summed E-state index contributed by atoms with van der Waals surface area (Å²) in [6.45, 7) is 5.24. The Morgan fingerprint density at radius 1 is 1.25 bits per heavy atom. The molecule has 0 radical (unpaired) electrons. The molecule has 0 saturated heterocycles. The van der Waals surface area contributed by atoms with Crippen LogP contribution in [0, 0.1) is 4.77 Å². The van der Waals surface area contributed by atoms with Gasteiger partial charge in [-0.05, 0) is 37.2 Å². The molecule has 2 nitrogen and oxygen atoms in total. The number of nitrogens with zero attached hydrogens (tertiary/aromatic N) is 1. The van der Waals surface area contributed by atoms with Gasteiger partial charge in [-0.2, -0.15) is 0 Å². The number of aryl methyl sites for hydroxylation is 2. The SMILES string of the molecule is CCc1ccc(Cn2c(CC)c[nH]c2=S)s1. The largest absolute Gasteiger partial charge is 0.337 e. The van der Waals surface area contributed by atoms with Crippen molar-refractivity contribution in [2.45, 2.75) is 33.2 Å². The lowest BCUT2D eigenvalue weighted by molar-refractivity contribution is 0.745. The maximum absolute atomic E-state index is 5.29. The van der Waals surface area contributed by atoms with Crippen molar-refractivity contribution in [3.63, 3.8) is 0 Å². The predicted molar refractivity (Wildman–Crippen MR) is 71.8 cm³/mol. The Hall–Kier alpha value is -0.870. The molecule has 16 heavy (non-hydrogen) atoms. The minimum absolute atomic E-state index is 0.822. The van der Waals surface area contributed by atoms with Crippen molar-refractivity contribution in [2.75, 3.05) is 0 Å². The fraction of sp³-hybridized carbons (Fsp3) is 0.417. The Morgan fingerprint density at radius 2 is 2.00 bits per heavy atom. The van der Waals surface area contributed by atoms with E-state index in [1.165, 1.54) is 15.4 Å². The highest BCUT2D eigenvalue weighted by atomic mass is 32.1. The molecule has 0 fully saturated rings. The molecule has 0 bridgehead atoms. The Balaban J connectivity index is 2.26. The van der Waals surface area contributed by atoms with Gasteiger partial charge in [0.25, 0.3) is 0 Å². The van der Waals surface area contributed by atoms with E-state index in [-0.39, 0.29) is 0 Å². The zero-order valence-electron chi connectivity index (χ0n) is 9.62. The Bertz CT molecular complexity index is 519. The molecule has 0 amide bonds. The number of thiophene rings is 1. The molecule has 0 unspecified atom stereocenters. The first-order valence-corrected chi connectivity index (χ1v) is 6.81. The molecule has 2 rings (SSSR count). The quantitative estimate of drug-likeness (QED) is 0.821. The van der Waals surface area contributed by atoms with Crippen molar-refractivity contribution in [3.8, 4) is 0 Å². The van der Waals surface area contributed by atoms with Gasteiger partial charge in [0.2, 0.25) is 0 Å². The minimum Gasteiger partial charge on any atom is -0.337 e. The third-order valence-corrected chi connectivity index (χ3v) is 4.25. The number of H-pyrrole nitrogens is 1. The lowest BCUT2D eigenvalue weighted by Gasteiger charge is -2.04. The van der Waals surface area contributed by atoms with Crippen LogP contribution in [0.4, 0.5) is 0 Å². The molecule has 2 heterocycles. The van der Waals surface area contributed by atoms with Gasteiger partial charge < -0.3 is 9.55 Å². The van der Waals surface area contributed by atoms with E-state index in [2.05, 4.69) is 35.5 Å². The van der Waals surface area contributed by atoms with E-state index in [4.69, 9.17) is 12.2 Å². The van der Waals surface area contributed by atoms with Crippen molar-refractivity contribution in [1.29, 1.82) is 0 Å². The van der Waals surface area contributed by atoms with Crippen molar-refractivity contribution in [3.05, 3.63) is 38.5 Å². The molecule has 0 saturated carbocycles. The van der Waals surface area contributed by atoms with Crippen LogP contribution >= 0.6 is 23.6 Å². The second-order valence-electron chi connectivity index (χ2n) is 3.75. The molecule has 0 aromatic carbocycles. The molecule has 0 atom stereocenters. The van der Waals surface area contributed by atoms with Crippen LogP contribution in [0.15, 0.2) is 18.3 Å². The first-order chi connectivity index (χ1) is 7.74. The zero-order valence-corrected chi connectivity index (χ0v) is 11.3. The highest BCUT2D eigenvalue weighted by molar-refractivity contribution is 7.71. The third kappa shape index (κ3) is 2.28. The maximum Gasteiger partial charge on any atom is 0.177 e. The van der Waals surface area contributed by atoms with Gasteiger partial charge in [0.1, 0.15) is 0 Å². The van der Waals surface area contributed by atoms with Crippen LogP contribution in [0.5, 0.6) is 0 Å². The zero-order chi connectivity index (χ0) is 11.5. The first kappa shape index (κ1) is 11.6. The molecular formula is C12H16N2S2. The van der Waals surface area contributed by atoms with E-state index < -0.39 is 0 Å². The average Bonchev–Trinajstić information content (AvgIpc) is 2.88. The number of hydrogen-bond acceptors (Lipinski definition) is 2. The van der Waals surface area contributed by atoms with Gasteiger partial charge in [0.15, 0.2) is 4.77 Å². The van der Waals surface area contributed by atoms with Crippen molar-refractivity contribution >= 4 is 23.6 Å². The summed E-state index contributed by atoms with van der Waals surface area (Å²) < 4.78 is 3.00. The van der Waals surface area contributed by atoms with Crippen LogP contribution in [0.3, 0.4) is 0 Å². The first-order valence-electron chi connectivity index (χ1n) is 5.59. The van der Waals surface area contributed by atoms with Crippen LogP contribution in [-0.4, -0.2) is 9.55 Å². The summed E-state index contributed by atoms with van der Waals surface area (Å²) in [5, 5.41) is 0. The fourth-order valence-electron chi connectivity index (χ4n) is 1.75. The Kier molecular flexibility index (Phi) is 3.61. The second-order valence-corrected chi connectivity index (χ2v) is 5.39. The van der Waals surface area contributed by atoms with Gasteiger partial charge in [-0.1, -0.05) is 13.8 Å². The molecule has 0 spiro atoms. The molecule has 1 N–H and O–H groups in total.